The Bertz CT molecular complexity index is 307. The second kappa shape index (κ2) is 6.23. The summed E-state index contributed by atoms with van der Waals surface area (Å²) >= 11 is 0. The summed E-state index contributed by atoms with van der Waals surface area (Å²) in [6.45, 7) is 9.61. The SMILES string of the molecule is CCNC(C)(CN(C)C1CCC(C)(C)CC1)C(=O)O. The Morgan fingerprint density at radius 3 is 2.37 bits per heavy atom. The quantitative estimate of drug-likeness (QED) is 0.778. The molecule has 1 atom stereocenters. The van der Waals surface area contributed by atoms with Crippen LogP contribution in [0, 0.1) is 5.41 Å². The third kappa shape index (κ3) is 4.46. The molecule has 0 heterocycles. The molecule has 1 saturated carbocycles. The normalized spacial score (nSPS) is 23.3. The number of nitrogens with one attached hydrogen (secondary N) is 1. The molecular weight excluding hydrogens is 240 g/mol. The first kappa shape index (κ1) is 16.4. The van der Waals surface area contributed by atoms with Gasteiger partial charge < -0.3 is 15.3 Å². The van der Waals surface area contributed by atoms with E-state index in [4.69, 9.17) is 0 Å². The largest absolute Gasteiger partial charge is 0.480 e. The predicted molar refractivity (Wildman–Crippen MR) is 78.4 cm³/mol. The lowest BCUT2D eigenvalue weighted by Gasteiger charge is -2.41. The van der Waals surface area contributed by atoms with E-state index in [9.17, 15) is 9.90 Å². The Labute approximate surface area is 117 Å². The minimum Gasteiger partial charge on any atom is -0.480 e. The molecule has 1 rings (SSSR count). The van der Waals surface area contributed by atoms with Crippen molar-refractivity contribution >= 4 is 5.97 Å². The summed E-state index contributed by atoms with van der Waals surface area (Å²) in [5.74, 6) is -0.766. The molecule has 0 bridgehead atoms. The number of likely N-dealkylation sites (N-methyl/N-ethyl adjacent to an activating group) is 2. The van der Waals surface area contributed by atoms with E-state index in [1.807, 2.05) is 6.92 Å². The first-order valence-electron chi connectivity index (χ1n) is 7.39. The molecule has 0 aromatic heterocycles. The lowest BCUT2D eigenvalue weighted by molar-refractivity contribution is -0.145. The van der Waals surface area contributed by atoms with Crippen LogP contribution in [0.4, 0.5) is 0 Å². The van der Waals surface area contributed by atoms with Crippen molar-refractivity contribution in [2.24, 2.45) is 5.41 Å². The summed E-state index contributed by atoms with van der Waals surface area (Å²) in [5.41, 5.74) is -0.397. The Hall–Kier alpha value is -0.610. The van der Waals surface area contributed by atoms with Crippen molar-refractivity contribution in [3.05, 3.63) is 0 Å². The van der Waals surface area contributed by atoms with Gasteiger partial charge in [0.1, 0.15) is 5.54 Å². The van der Waals surface area contributed by atoms with Gasteiger partial charge in [-0.1, -0.05) is 20.8 Å². The van der Waals surface area contributed by atoms with E-state index in [1.165, 1.54) is 25.7 Å². The van der Waals surface area contributed by atoms with Gasteiger partial charge in [-0.3, -0.25) is 4.79 Å². The molecule has 1 unspecified atom stereocenters. The van der Waals surface area contributed by atoms with Crippen molar-refractivity contribution in [2.45, 2.75) is 65.0 Å². The zero-order valence-corrected chi connectivity index (χ0v) is 13.1. The lowest BCUT2D eigenvalue weighted by Crippen LogP contribution is -2.58. The monoisotopic (exact) mass is 270 g/mol. The van der Waals surface area contributed by atoms with E-state index in [0.717, 1.165) is 0 Å². The molecule has 1 aliphatic carbocycles. The molecule has 2 N–H and O–H groups in total. The molecular formula is C15H30N2O2. The Kier molecular flexibility index (Phi) is 5.39. The van der Waals surface area contributed by atoms with Gasteiger partial charge in [-0.05, 0) is 51.6 Å². The third-order valence-corrected chi connectivity index (χ3v) is 4.54. The van der Waals surface area contributed by atoms with Crippen LogP contribution in [-0.2, 0) is 4.79 Å². The molecule has 4 nitrogen and oxygen atoms in total. The number of rotatable bonds is 6. The highest BCUT2D eigenvalue weighted by molar-refractivity contribution is 5.78. The summed E-state index contributed by atoms with van der Waals surface area (Å²) in [5, 5.41) is 12.5. The van der Waals surface area contributed by atoms with Gasteiger partial charge in [0.05, 0.1) is 0 Å². The number of hydrogen-bond donors (Lipinski definition) is 2. The summed E-state index contributed by atoms with van der Waals surface area (Å²) < 4.78 is 0. The molecule has 0 aliphatic heterocycles. The maximum absolute atomic E-state index is 11.4. The molecule has 0 aromatic carbocycles. The maximum Gasteiger partial charge on any atom is 0.324 e. The number of carboxylic acids is 1. The number of carbonyl (C=O) groups is 1. The molecule has 112 valence electrons. The average molecular weight is 270 g/mol. The van der Waals surface area contributed by atoms with E-state index in [0.29, 0.717) is 24.5 Å². The number of carboxylic acid groups (broad SMARTS) is 1. The van der Waals surface area contributed by atoms with Gasteiger partial charge in [0, 0.05) is 12.6 Å². The lowest BCUT2D eigenvalue weighted by atomic mass is 9.75. The van der Waals surface area contributed by atoms with Gasteiger partial charge in [-0.2, -0.15) is 0 Å². The highest BCUT2D eigenvalue weighted by Gasteiger charge is 2.36. The van der Waals surface area contributed by atoms with Crippen LogP contribution in [0.5, 0.6) is 0 Å². The van der Waals surface area contributed by atoms with Crippen LogP contribution in [0.15, 0.2) is 0 Å². The fraction of sp³-hybridized carbons (Fsp3) is 0.933. The van der Waals surface area contributed by atoms with Crippen LogP contribution in [0.1, 0.15) is 53.4 Å². The zero-order valence-electron chi connectivity index (χ0n) is 13.1. The van der Waals surface area contributed by atoms with E-state index < -0.39 is 11.5 Å². The maximum atomic E-state index is 11.4. The molecule has 1 fully saturated rings. The highest BCUT2D eigenvalue weighted by atomic mass is 16.4. The third-order valence-electron chi connectivity index (χ3n) is 4.54. The van der Waals surface area contributed by atoms with Crippen LogP contribution in [-0.4, -0.2) is 47.7 Å². The Morgan fingerprint density at radius 2 is 1.95 bits per heavy atom. The fourth-order valence-corrected chi connectivity index (χ4v) is 3.04. The first-order valence-corrected chi connectivity index (χ1v) is 7.39. The molecule has 1 aliphatic rings. The van der Waals surface area contributed by atoms with Gasteiger partial charge in [0.15, 0.2) is 0 Å². The minimum atomic E-state index is -0.851. The standard InChI is InChI=1S/C15H30N2O2/c1-6-16-15(4,13(18)19)11-17(5)12-7-9-14(2,3)10-8-12/h12,16H,6-11H2,1-5H3,(H,18,19). The van der Waals surface area contributed by atoms with Crippen LogP contribution >= 0.6 is 0 Å². The van der Waals surface area contributed by atoms with E-state index in [2.05, 4.69) is 31.1 Å². The van der Waals surface area contributed by atoms with Crippen molar-refractivity contribution in [3.63, 3.8) is 0 Å². The van der Waals surface area contributed by atoms with Crippen molar-refractivity contribution in [2.75, 3.05) is 20.1 Å². The van der Waals surface area contributed by atoms with E-state index in [1.54, 1.807) is 6.92 Å². The van der Waals surface area contributed by atoms with Crippen LogP contribution in [0.3, 0.4) is 0 Å². The van der Waals surface area contributed by atoms with Crippen LogP contribution in [0.2, 0.25) is 0 Å². The summed E-state index contributed by atoms with van der Waals surface area (Å²) in [6.07, 6.45) is 4.80. The second-order valence-corrected chi connectivity index (χ2v) is 6.98. The molecule has 0 radical (unpaired) electrons. The van der Waals surface area contributed by atoms with E-state index >= 15 is 0 Å². The van der Waals surface area contributed by atoms with Crippen molar-refractivity contribution < 1.29 is 9.90 Å². The van der Waals surface area contributed by atoms with Crippen molar-refractivity contribution in [3.8, 4) is 0 Å². The van der Waals surface area contributed by atoms with Gasteiger partial charge >= 0.3 is 5.97 Å². The summed E-state index contributed by atoms with van der Waals surface area (Å²) in [7, 11) is 2.06. The fourth-order valence-electron chi connectivity index (χ4n) is 3.04. The minimum absolute atomic E-state index is 0.453. The van der Waals surface area contributed by atoms with Crippen LogP contribution in [0.25, 0.3) is 0 Å². The van der Waals surface area contributed by atoms with Crippen LogP contribution < -0.4 is 5.32 Å². The number of hydrogen-bond acceptors (Lipinski definition) is 3. The van der Waals surface area contributed by atoms with Gasteiger partial charge in [-0.25, -0.2) is 0 Å². The summed E-state index contributed by atoms with van der Waals surface area (Å²) in [6, 6.07) is 0.519. The van der Waals surface area contributed by atoms with Crippen molar-refractivity contribution in [1.29, 1.82) is 0 Å². The summed E-state index contributed by atoms with van der Waals surface area (Å²) in [4.78, 5) is 13.7. The highest BCUT2D eigenvalue weighted by Crippen LogP contribution is 2.36. The average Bonchev–Trinajstić information content (AvgIpc) is 2.28. The smallest absolute Gasteiger partial charge is 0.324 e. The van der Waals surface area contributed by atoms with Gasteiger partial charge in [-0.15, -0.1) is 0 Å². The van der Waals surface area contributed by atoms with Gasteiger partial charge in [0.25, 0.3) is 0 Å². The zero-order chi connectivity index (χ0) is 14.7. The van der Waals surface area contributed by atoms with E-state index in [-0.39, 0.29) is 0 Å². The molecule has 0 spiro atoms. The predicted octanol–water partition coefficient (Wildman–Crippen LogP) is 2.34. The second-order valence-electron chi connectivity index (χ2n) is 6.98. The Morgan fingerprint density at radius 1 is 1.42 bits per heavy atom. The molecule has 19 heavy (non-hydrogen) atoms. The topological polar surface area (TPSA) is 52.6 Å². The molecule has 0 amide bonds. The van der Waals surface area contributed by atoms with Crippen molar-refractivity contribution in [1.82, 2.24) is 10.2 Å². The number of aliphatic carboxylic acids is 1. The molecule has 4 heteroatoms. The molecule has 0 aromatic rings. The Balaban J connectivity index is 2.58. The first-order chi connectivity index (χ1) is 8.70. The number of nitrogens with zero attached hydrogens (tertiary/aromatic N) is 1. The molecule has 0 saturated heterocycles. The van der Waals surface area contributed by atoms with Gasteiger partial charge in [0.2, 0.25) is 0 Å².